The molecule has 0 aromatic heterocycles. The molecule has 5 heteroatoms. The van der Waals surface area contributed by atoms with Crippen molar-refractivity contribution in [2.24, 2.45) is 0 Å². The molecule has 0 saturated carbocycles. The number of nitrogens with zero attached hydrogens (tertiary/aromatic N) is 1. The summed E-state index contributed by atoms with van der Waals surface area (Å²) in [6.07, 6.45) is -0.0800. The lowest BCUT2D eigenvalue weighted by Gasteiger charge is -2.28. The van der Waals surface area contributed by atoms with Gasteiger partial charge in [-0.25, -0.2) is 9.59 Å². The fraction of sp³-hybridized carbons (Fsp3) is 0.500. The lowest BCUT2D eigenvalue weighted by molar-refractivity contribution is -0.142. The van der Waals surface area contributed by atoms with Gasteiger partial charge in [0.15, 0.2) is 0 Å². The minimum absolute atomic E-state index is 0.435. The van der Waals surface area contributed by atoms with Crippen molar-refractivity contribution in [2.45, 2.75) is 45.8 Å². The molecule has 114 valence electrons. The van der Waals surface area contributed by atoms with E-state index < -0.39 is 23.7 Å². The van der Waals surface area contributed by atoms with E-state index >= 15 is 0 Å². The Balaban J connectivity index is 2.38. The summed E-state index contributed by atoms with van der Waals surface area (Å²) in [5.74, 6) is -0.435. The van der Waals surface area contributed by atoms with E-state index in [1.54, 1.807) is 20.8 Å². The first-order valence-electron chi connectivity index (χ1n) is 6.92. The number of carbonyl (C=O) groups is 2. The number of benzene rings is 1. The third-order valence-corrected chi connectivity index (χ3v) is 3.28. The first-order chi connectivity index (χ1) is 9.73. The summed E-state index contributed by atoms with van der Waals surface area (Å²) in [5.41, 5.74) is 2.13. The third-order valence-electron chi connectivity index (χ3n) is 3.28. The van der Waals surface area contributed by atoms with Gasteiger partial charge in [0.05, 0.1) is 12.8 Å². The van der Waals surface area contributed by atoms with Crippen molar-refractivity contribution in [3.63, 3.8) is 0 Å². The number of aryl methyl sites for hydroxylation is 1. The Hall–Kier alpha value is -2.04. The van der Waals surface area contributed by atoms with E-state index in [-0.39, 0.29) is 0 Å². The number of amides is 1. The highest BCUT2D eigenvalue weighted by Gasteiger charge is 2.41. The molecule has 0 aliphatic carbocycles. The van der Waals surface area contributed by atoms with Crippen molar-refractivity contribution >= 4 is 17.7 Å². The number of esters is 1. The molecule has 1 amide bonds. The number of rotatable bonds is 1. The van der Waals surface area contributed by atoms with Crippen LogP contribution in [-0.4, -0.2) is 30.8 Å². The molecule has 21 heavy (non-hydrogen) atoms. The number of hydrogen-bond acceptors (Lipinski definition) is 4. The van der Waals surface area contributed by atoms with Crippen LogP contribution in [0.4, 0.5) is 10.5 Å². The molecule has 1 heterocycles. The van der Waals surface area contributed by atoms with Crippen LogP contribution in [0.5, 0.6) is 0 Å². The van der Waals surface area contributed by atoms with E-state index in [4.69, 9.17) is 9.47 Å². The predicted molar refractivity (Wildman–Crippen MR) is 79.4 cm³/mol. The Morgan fingerprint density at radius 3 is 2.52 bits per heavy atom. The Morgan fingerprint density at radius 2 is 1.95 bits per heavy atom. The monoisotopic (exact) mass is 291 g/mol. The zero-order valence-electron chi connectivity index (χ0n) is 13.1. The van der Waals surface area contributed by atoms with Gasteiger partial charge in [-0.05, 0) is 39.3 Å². The Kier molecular flexibility index (Phi) is 3.94. The van der Waals surface area contributed by atoms with Crippen LogP contribution in [0.15, 0.2) is 18.2 Å². The lowest BCUT2D eigenvalue weighted by Crippen LogP contribution is -2.45. The average molecular weight is 291 g/mol. The van der Waals surface area contributed by atoms with Crippen LogP contribution < -0.4 is 4.90 Å². The predicted octanol–water partition coefficient (Wildman–Crippen LogP) is 2.83. The van der Waals surface area contributed by atoms with Crippen molar-refractivity contribution in [3.05, 3.63) is 29.3 Å². The maximum atomic E-state index is 12.4. The SMILES string of the molecule is COC(=O)C1Cc2cc(C)ccc2N1C(=O)OC(C)(C)C. The molecule has 2 rings (SSSR count). The van der Waals surface area contributed by atoms with Gasteiger partial charge < -0.3 is 9.47 Å². The van der Waals surface area contributed by atoms with Crippen LogP contribution in [-0.2, 0) is 20.7 Å². The maximum Gasteiger partial charge on any atom is 0.415 e. The highest BCUT2D eigenvalue weighted by Crippen LogP contribution is 2.34. The first-order valence-corrected chi connectivity index (χ1v) is 6.92. The normalized spacial score (nSPS) is 17.4. The number of anilines is 1. The maximum absolute atomic E-state index is 12.4. The summed E-state index contributed by atoms with van der Waals surface area (Å²) in [6.45, 7) is 7.36. The lowest BCUT2D eigenvalue weighted by atomic mass is 10.1. The smallest absolute Gasteiger partial charge is 0.415 e. The molecule has 0 bridgehead atoms. The summed E-state index contributed by atoms with van der Waals surface area (Å²) in [5, 5.41) is 0. The standard InChI is InChI=1S/C16H21NO4/c1-10-6-7-12-11(8-10)9-13(14(18)20-5)17(12)15(19)21-16(2,3)4/h6-8,13H,9H2,1-5H3. The van der Waals surface area contributed by atoms with E-state index in [9.17, 15) is 9.59 Å². The second-order valence-corrected chi connectivity index (χ2v) is 6.23. The van der Waals surface area contributed by atoms with Gasteiger partial charge in [0, 0.05) is 6.42 Å². The molecule has 1 aliphatic heterocycles. The zero-order valence-corrected chi connectivity index (χ0v) is 13.1. The molecule has 1 aliphatic rings. The highest BCUT2D eigenvalue weighted by molar-refractivity contribution is 5.99. The minimum atomic E-state index is -0.665. The molecular weight excluding hydrogens is 270 g/mol. The van der Waals surface area contributed by atoms with Crippen molar-refractivity contribution in [3.8, 4) is 0 Å². The Bertz CT molecular complexity index is 574. The second kappa shape index (κ2) is 5.39. The van der Waals surface area contributed by atoms with Crippen LogP contribution >= 0.6 is 0 Å². The highest BCUT2D eigenvalue weighted by atomic mass is 16.6. The fourth-order valence-corrected chi connectivity index (χ4v) is 2.44. The van der Waals surface area contributed by atoms with Gasteiger partial charge in [0.25, 0.3) is 0 Å². The molecule has 1 aromatic carbocycles. The molecule has 5 nitrogen and oxygen atoms in total. The quantitative estimate of drug-likeness (QED) is 0.747. The summed E-state index contributed by atoms with van der Waals surface area (Å²) in [7, 11) is 1.32. The second-order valence-electron chi connectivity index (χ2n) is 6.23. The molecule has 0 saturated heterocycles. The third kappa shape index (κ3) is 3.17. The number of carbonyl (C=O) groups excluding carboxylic acids is 2. The van der Waals surface area contributed by atoms with Crippen molar-refractivity contribution < 1.29 is 19.1 Å². The molecule has 1 unspecified atom stereocenters. The van der Waals surface area contributed by atoms with Gasteiger partial charge in [-0.15, -0.1) is 0 Å². The summed E-state index contributed by atoms with van der Waals surface area (Å²) in [4.78, 5) is 25.8. The zero-order chi connectivity index (χ0) is 15.8. The van der Waals surface area contributed by atoms with Gasteiger partial charge in [0.2, 0.25) is 0 Å². The topological polar surface area (TPSA) is 55.8 Å². The van der Waals surface area contributed by atoms with E-state index in [1.165, 1.54) is 12.0 Å². The van der Waals surface area contributed by atoms with Crippen LogP contribution in [0.25, 0.3) is 0 Å². The van der Waals surface area contributed by atoms with Gasteiger partial charge >= 0.3 is 12.1 Å². The van der Waals surface area contributed by atoms with Crippen LogP contribution in [0.1, 0.15) is 31.9 Å². The number of ether oxygens (including phenoxy) is 2. The van der Waals surface area contributed by atoms with E-state index in [0.29, 0.717) is 12.1 Å². The molecule has 0 fully saturated rings. The fourth-order valence-electron chi connectivity index (χ4n) is 2.44. The van der Waals surface area contributed by atoms with Crippen LogP contribution in [0.2, 0.25) is 0 Å². The number of fused-ring (bicyclic) bond motifs is 1. The Labute approximate surface area is 124 Å². The minimum Gasteiger partial charge on any atom is -0.467 e. The van der Waals surface area contributed by atoms with Gasteiger partial charge in [-0.1, -0.05) is 17.7 Å². The molecular formula is C16H21NO4. The number of hydrogen-bond donors (Lipinski definition) is 0. The first kappa shape index (κ1) is 15.4. The van der Waals surface area contributed by atoms with Gasteiger partial charge in [-0.3, -0.25) is 4.90 Å². The average Bonchev–Trinajstić information content (AvgIpc) is 2.74. The van der Waals surface area contributed by atoms with E-state index in [2.05, 4.69) is 0 Å². The van der Waals surface area contributed by atoms with Gasteiger partial charge in [-0.2, -0.15) is 0 Å². The largest absolute Gasteiger partial charge is 0.467 e. The van der Waals surface area contributed by atoms with Crippen LogP contribution in [0.3, 0.4) is 0 Å². The van der Waals surface area contributed by atoms with Crippen LogP contribution in [0, 0.1) is 6.92 Å². The summed E-state index contributed by atoms with van der Waals surface area (Å²) in [6, 6.07) is 5.07. The molecule has 0 spiro atoms. The summed E-state index contributed by atoms with van der Waals surface area (Å²) < 4.78 is 10.2. The van der Waals surface area contributed by atoms with E-state index in [1.807, 2.05) is 25.1 Å². The Morgan fingerprint density at radius 1 is 1.29 bits per heavy atom. The molecule has 1 atom stereocenters. The van der Waals surface area contributed by atoms with Gasteiger partial charge in [0.1, 0.15) is 11.6 Å². The molecule has 1 aromatic rings. The van der Waals surface area contributed by atoms with Crippen molar-refractivity contribution in [1.29, 1.82) is 0 Å². The summed E-state index contributed by atoms with van der Waals surface area (Å²) >= 11 is 0. The van der Waals surface area contributed by atoms with E-state index in [0.717, 1.165) is 11.1 Å². The van der Waals surface area contributed by atoms with Crippen molar-refractivity contribution in [1.82, 2.24) is 0 Å². The number of methoxy groups -OCH3 is 1. The molecule has 0 radical (unpaired) electrons. The molecule has 0 N–H and O–H groups in total. The van der Waals surface area contributed by atoms with Crippen molar-refractivity contribution in [2.75, 3.05) is 12.0 Å².